The number of carbonyl (C=O) groups is 2. The number of fused-ring (bicyclic) bond motifs is 2. The molecule has 1 aliphatic rings. The van der Waals surface area contributed by atoms with Crippen LogP contribution in [0.25, 0.3) is 0 Å². The first-order valence-electron chi connectivity index (χ1n) is 4.25. The van der Waals surface area contributed by atoms with E-state index in [9.17, 15) is 14.4 Å². The van der Waals surface area contributed by atoms with Gasteiger partial charge < -0.3 is 14.0 Å². The molecule has 0 amide bonds. The van der Waals surface area contributed by atoms with Crippen molar-refractivity contribution < 1.29 is 19.1 Å². The summed E-state index contributed by atoms with van der Waals surface area (Å²) in [5, 5.41) is 0. The Bertz CT molecular complexity index is 558. The number of rotatable bonds is 0. The topological polar surface area (TPSA) is 87.5 Å². The largest absolute Gasteiger partial charge is 0.403 e. The third kappa shape index (κ3) is 1.83. The van der Waals surface area contributed by atoms with Crippen molar-refractivity contribution in [1.82, 2.24) is 9.55 Å². The summed E-state index contributed by atoms with van der Waals surface area (Å²) in [5.41, 5.74) is -0.594. The summed E-state index contributed by atoms with van der Waals surface area (Å²) in [7, 11) is 1.42. The number of esters is 2. The lowest BCUT2D eigenvalue weighted by Crippen LogP contribution is -2.22. The maximum Gasteiger partial charge on any atom is 0.337 e. The zero-order valence-corrected chi connectivity index (χ0v) is 8.17. The molecule has 0 spiro atoms. The van der Waals surface area contributed by atoms with Crippen LogP contribution in [0.2, 0.25) is 0 Å². The van der Waals surface area contributed by atoms with Gasteiger partial charge in [0.25, 0.3) is 5.88 Å². The summed E-state index contributed by atoms with van der Waals surface area (Å²) in [6, 6.07) is 0. The lowest BCUT2D eigenvalue weighted by Gasteiger charge is -2.04. The molecule has 82 valence electrons. The molecule has 2 rings (SSSR count). The first-order valence-corrected chi connectivity index (χ1v) is 4.25. The Morgan fingerprint density at radius 2 is 1.75 bits per heavy atom. The number of aromatic nitrogens is 2. The van der Waals surface area contributed by atoms with Crippen LogP contribution >= 0.6 is 0 Å². The van der Waals surface area contributed by atoms with Crippen LogP contribution in [-0.2, 0) is 16.6 Å². The van der Waals surface area contributed by atoms with Crippen molar-refractivity contribution in [3.05, 3.63) is 28.7 Å². The Hall–Kier alpha value is -2.44. The zero-order valence-electron chi connectivity index (χ0n) is 8.17. The third-order valence-electron chi connectivity index (χ3n) is 1.78. The van der Waals surface area contributed by atoms with Crippen molar-refractivity contribution >= 4 is 11.9 Å². The van der Waals surface area contributed by atoms with Crippen LogP contribution < -0.4 is 15.0 Å². The van der Waals surface area contributed by atoms with E-state index in [1.54, 1.807) is 0 Å². The van der Waals surface area contributed by atoms with Gasteiger partial charge in [-0.05, 0) is 0 Å². The molecule has 0 atom stereocenters. The minimum absolute atomic E-state index is 0.110. The van der Waals surface area contributed by atoms with Crippen LogP contribution in [0.5, 0.6) is 11.8 Å². The summed E-state index contributed by atoms with van der Waals surface area (Å²) in [4.78, 5) is 37.2. The van der Waals surface area contributed by atoms with Gasteiger partial charge in [-0.2, -0.15) is 4.98 Å². The minimum atomic E-state index is -0.861. The summed E-state index contributed by atoms with van der Waals surface area (Å²) < 4.78 is 10.5. The highest BCUT2D eigenvalue weighted by molar-refractivity contribution is 5.93. The molecule has 1 aromatic rings. The van der Waals surface area contributed by atoms with Gasteiger partial charge in [0.1, 0.15) is 0 Å². The predicted molar refractivity (Wildman–Crippen MR) is 49.9 cm³/mol. The molecule has 1 aromatic heterocycles. The Morgan fingerprint density at radius 3 is 2.44 bits per heavy atom. The molecule has 0 radical (unpaired) electrons. The summed E-state index contributed by atoms with van der Waals surface area (Å²) in [5.74, 6) is -2.16. The fourth-order valence-electron chi connectivity index (χ4n) is 1.07. The van der Waals surface area contributed by atoms with Crippen molar-refractivity contribution in [1.29, 1.82) is 0 Å². The highest BCUT2D eigenvalue weighted by atomic mass is 16.6. The van der Waals surface area contributed by atoms with E-state index in [0.29, 0.717) is 0 Å². The number of aryl methyl sites for hydroxylation is 1. The summed E-state index contributed by atoms with van der Waals surface area (Å²) in [6.07, 6.45) is 2.97. The molecule has 0 aliphatic carbocycles. The van der Waals surface area contributed by atoms with Gasteiger partial charge in [0.15, 0.2) is 0 Å². The molecular weight excluding hydrogens is 216 g/mol. The lowest BCUT2D eigenvalue weighted by atomic mass is 10.5. The van der Waals surface area contributed by atoms with Gasteiger partial charge in [0.05, 0.1) is 6.20 Å². The zero-order chi connectivity index (χ0) is 11.7. The third-order valence-corrected chi connectivity index (χ3v) is 1.78. The van der Waals surface area contributed by atoms with Crippen LogP contribution in [0.15, 0.2) is 23.1 Å². The molecule has 2 bridgehead atoms. The summed E-state index contributed by atoms with van der Waals surface area (Å²) in [6.45, 7) is 0. The highest BCUT2D eigenvalue weighted by Crippen LogP contribution is 2.10. The second-order valence-corrected chi connectivity index (χ2v) is 2.98. The normalized spacial score (nSPS) is 16.6. The molecular formula is C9H6N2O5. The van der Waals surface area contributed by atoms with Crippen LogP contribution in [0.1, 0.15) is 0 Å². The van der Waals surface area contributed by atoms with E-state index in [-0.39, 0.29) is 5.88 Å². The summed E-state index contributed by atoms with van der Waals surface area (Å²) >= 11 is 0. The standard InChI is InChI=1S/C9H6N2O5/c1-11-4-5-10-8(9(11)14)16-7(13)3-2-6(12)15-5/h2-4H,1H3/b3-2-. The second kappa shape index (κ2) is 3.61. The fraction of sp³-hybridized carbons (Fsp3) is 0.111. The van der Waals surface area contributed by atoms with Crippen LogP contribution in [0, 0.1) is 0 Å². The first kappa shape index (κ1) is 10.1. The number of hydrogen-bond donors (Lipinski definition) is 0. The van der Waals surface area contributed by atoms with Crippen molar-refractivity contribution in [2.45, 2.75) is 0 Å². The SMILES string of the molecule is Cn1cc2nc(c1=O)OC(=O)/C=C\C(=O)O2. The lowest BCUT2D eigenvalue weighted by molar-refractivity contribution is -0.131. The van der Waals surface area contributed by atoms with Gasteiger partial charge in [-0.15, -0.1) is 0 Å². The first-order chi connectivity index (χ1) is 7.56. The molecule has 0 N–H and O–H groups in total. The van der Waals surface area contributed by atoms with E-state index in [2.05, 4.69) is 9.72 Å². The maximum atomic E-state index is 11.4. The number of carbonyl (C=O) groups excluding carboxylic acids is 2. The molecule has 7 nitrogen and oxygen atoms in total. The number of ether oxygens (including phenoxy) is 2. The smallest absolute Gasteiger partial charge is 0.337 e. The molecule has 0 saturated carbocycles. The molecule has 1 aliphatic heterocycles. The van der Waals surface area contributed by atoms with E-state index in [0.717, 1.165) is 16.7 Å². The Labute approximate surface area is 88.9 Å². The Morgan fingerprint density at radius 1 is 1.12 bits per heavy atom. The average Bonchev–Trinajstić information content (AvgIpc) is 2.26. The van der Waals surface area contributed by atoms with Crippen molar-refractivity contribution in [2.75, 3.05) is 0 Å². The fourth-order valence-corrected chi connectivity index (χ4v) is 1.07. The van der Waals surface area contributed by atoms with Crippen molar-refractivity contribution in [3.63, 3.8) is 0 Å². The number of nitrogens with zero attached hydrogens (tertiary/aromatic N) is 2. The molecule has 0 fully saturated rings. The van der Waals surface area contributed by atoms with Gasteiger partial charge in [0, 0.05) is 19.2 Å². The average molecular weight is 222 g/mol. The number of hydrogen-bond acceptors (Lipinski definition) is 6. The van der Waals surface area contributed by atoms with E-state index < -0.39 is 23.4 Å². The van der Waals surface area contributed by atoms with Gasteiger partial charge in [-0.25, -0.2) is 9.59 Å². The van der Waals surface area contributed by atoms with Crippen LogP contribution in [0.3, 0.4) is 0 Å². The van der Waals surface area contributed by atoms with E-state index in [4.69, 9.17) is 4.74 Å². The van der Waals surface area contributed by atoms with E-state index >= 15 is 0 Å². The van der Waals surface area contributed by atoms with Gasteiger partial charge in [0.2, 0.25) is 5.88 Å². The van der Waals surface area contributed by atoms with Crippen molar-refractivity contribution in [2.24, 2.45) is 7.05 Å². The quantitative estimate of drug-likeness (QED) is 0.532. The van der Waals surface area contributed by atoms with Gasteiger partial charge in [-0.1, -0.05) is 0 Å². The molecule has 7 heteroatoms. The van der Waals surface area contributed by atoms with Crippen molar-refractivity contribution in [3.8, 4) is 11.8 Å². The van der Waals surface area contributed by atoms with E-state index in [1.807, 2.05) is 0 Å². The minimum Gasteiger partial charge on any atom is -0.403 e. The van der Waals surface area contributed by atoms with Crippen LogP contribution in [-0.4, -0.2) is 21.5 Å². The monoisotopic (exact) mass is 222 g/mol. The molecule has 0 saturated heterocycles. The van der Waals surface area contributed by atoms with Gasteiger partial charge in [-0.3, -0.25) is 4.79 Å². The van der Waals surface area contributed by atoms with E-state index in [1.165, 1.54) is 13.2 Å². The molecule has 2 heterocycles. The molecule has 0 unspecified atom stereocenters. The predicted octanol–water partition coefficient (Wildman–Crippen LogP) is -0.839. The Kier molecular flexibility index (Phi) is 2.28. The Balaban J connectivity index is 2.60. The van der Waals surface area contributed by atoms with Crippen LogP contribution in [0.4, 0.5) is 0 Å². The molecule has 0 aromatic carbocycles. The van der Waals surface area contributed by atoms with Gasteiger partial charge >= 0.3 is 17.5 Å². The highest BCUT2D eigenvalue weighted by Gasteiger charge is 2.15. The molecule has 16 heavy (non-hydrogen) atoms. The maximum absolute atomic E-state index is 11.4. The second-order valence-electron chi connectivity index (χ2n) is 2.98.